The van der Waals surface area contributed by atoms with Crippen LogP contribution in [0.1, 0.15) is 19.3 Å². The summed E-state index contributed by atoms with van der Waals surface area (Å²) < 4.78 is 0. The highest BCUT2D eigenvalue weighted by atomic mass is 16.4. The molecule has 0 atom stereocenters. The summed E-state index contributed by atoms with van der Waals surface area (Å²) in [5.41, 5.74) is 0. The minimum Gasteiger partial charge on any atom is -0.481 e. The van der Waals surface area contributed by atoms with Gasteiger partial charge in [-0.25, -0.2) is 0 Å². The first-order chi connectivity index (χ1) is 9.06. The van der Waals surface area contributed by atoms with Gasteiger partial charge in [0.2, 0.25) is 5.91 Å². The van der Waals surface area contributed by atoms with Gasteiger partial charge in [0.1, 0.15) is 0 Å². The maximum absolute atomic E-state index is 12.2. The minimum absolute atomic E-state index is 0.118. The van der Waals surface area contributed by atoms with Gasteiger partial charge >= 0.3 is 5.97 Å². The fraction of sp³-hybridized carbons (Fsp3) is 0.846. The van der Waals surface area contributed by atoms with Crippen LogP contribution in [0.5, 0.6) is 0 Å². The van der Waals surface area contributed by atoms with Crippen LogP contribution in [0.2, 0.25) is 0 Å². The van der Waals surface area contributed by atoms with Crippen molar-refractivity contribution in [3.63, 3.8) is 0 Å². The third-order valence-electron chi connectivity index (χ3n) is 3.87. The molecule has 1 aliphatic heterocycles. The Balaban J connectivity index is 1.79. The van der Waals surface area contributed by atoms with Gasteiger partial charge in [-0.3, -0.25) is 14.5 Å². The van der Waals surface area contributed by atoms with Crippen LogP contribution in [0.15, 0.2) is 0 Å². The van der Waals surface area contributed by atoms with Crippen molar-refractivity contribution in [1.29, 1.82) is 0 Å². The van der Waals surface area contributed by atoms with Crippen molar-refractivity contribution in [1.82, 2.24) is 14.7 Å². The molecule has 1 heterocycles. The number of carboxylic acid groups (broad SMARTS) is 1. The number of carbonyl (C=O) groups is 2. The molecule has 1 amide bonds. The van der Waals surface area contributed by atoms with Crippen molar-refractivity contribution in [2.45, 2.75) is 25.3 Å². The molecule has 1 aliphatic carbocycles. The molecule has 0 aromatic carbocycles. The van der Waals surface area contributed by atoms with E-state index in [1.807, 2.05) is 9.80 Å². The lowest BCUT2D eigenvalue weighted by Gasteiger charge is -2.34. The highest BCUT2D eigenvalue weighted by Crippen LogP contribution is 2.26. The fourth-order valence-electron chi connectivity index (χ4n) is 2.40. The maximum Gasteiger partial charge on any atom is 0.304 e. The van der Waals surface area contributed by atoms with Gasteiger partial charge in [-0.2, -0.15) is 0 Å². The number of carbonyl (C=O) groups excluding carboxylic acids is 1. The van der Waals surface area contributed by atoms with Crippen molar-refractivity contribution in [2.24, 2.45) is 0 Å². The molecule has 108 valence electrons. The highest BCUT2D eigenvalue weighted by Gasteiger charge is 2.31. The van der Waals surface area contributed by atoms with E-state index in [-0.39, 0.29) is 12.3 Å². The quantitative estimate of drug-likeness (QED) is 0.717. The van der Waals surface area contributed by atoms with E-state index in [0.29, 0.717) is 19.1 Å². The summed E-state index contributed by atoms with van der Waals surface area (Å²) in [5, 5.41) is 8.75. The van der Waals surface area contributed by atoms with Crippen LogP contribution in [0, 0.1) is 0 Å². The molecule has 19 heavy (non-hydrogen) atoms. The van der Waals surface area contributed by atoms with E-state index in [0.717, 1.165) is 39.0 Å². The number of amides is 1. The highest BCUT2D eigenvalue weighted by molar-refractivity contribution is 5.78. The molecule has 0 bridgehead atoms. The Morgan fingerprint density at radius 1 is 1.21 bits per heavy atom. The lowest BCUT2D eigenvalue weighted by atomic mass is 10.3. The van der Waals surface area contributed by atoms with E-state index in [1.165, 1.54) is 0 Å². The molecule has 2 rings (SSSR count). The van der Waals surface area contributed by atoms with Crippen LogP contribution in [0.25, 0.3) is 0 Å². The summed E-state index contributed by atoms with van der Waals surface area (Å²) in [6, 6.07) is 0.427. The Labute approximate surface area is 114 Å². The smallest absolute Gasteiger partial charge is 0.304 e. The van der Waals surface area contributed by atoms with Crippen molar-refractivity contribution >= 4 is 11.9 Å². The van der Waals surface area contributed by atoms with E-state index in [9.17, 15) is 9.59 Å². The van der Waals surface area contributed by atoms with Gasteiger partial charge < -0.3 is 14.9 Å². The molecule has 0 unspecified atom stereocenters. The second-order valence-electron chi connectivity index (χ2n) is 5.53. The summed E-state index contributed by atoms with van der Waals surface area (Å²) in [4.78, 5) is 29.0. The Morgan fingerprint density at radius 3 is 2.37 bits per heavy atom. The van der Waals surface area contributed by atoms with E-state index in [2.05, 4.69) is 11.9 Å². The monoisotopic (exact) mass is 269 g/mol. The molecular weight excluding hydrogens is 246 g/mol. The first-order valence-corrected chi connectivity index (χ1v) is 6.98. The SMILES string of the molecule is CN1CCN(C(=O)CN(CCC(=O)O)C2CC2)CC1. The topological polar surface area (TPSA) is 64.1 Å². The lowest BCUT2D eigenvalue weighted by Crippen LogP contribution is -2.50. The average Bonchev–Trinajstić information content (AvgIpc) is 3.19. The van der Waals surface area contributed by atoms with Gasteiger partial charge in [0.25, 0.3) is 0 Å². The summed E-state index contributed by atoms with van der Waals surface area (Å²) in [6.07, 6.45) is 2.30. The summed E-state index contributed by atoms with van der Waals surface area (Å²) >= 11 is 0. The molecule has 6 heteroatoms. The number of hydrogen-bond acceptors (Lipinski definition) is 4. The zero-order valence-corrected chi connectivity index (χ0v) is 11.5. The van der Waals surface area contributed by atoms with Gasteiger partial charge in [-0.15, -0.1) is 0 Å². The number of carboxylic acids is 1. The van der Waals surface area contributed by atoms with Crippen LogP contribution in [0.4, 0.5) is 0 Å². The van der Waals surface area contributed by atoms with E-state index in [4.69, 9.17) is 5.11 Å². The number of likely N-dealkylation sites (N-methyl/N-ethyl adjacent to an activating group) is 1. The predicted octanol–water partition coefficient (Wildman–Crippen LogP) is -0.300. The molecule has 1 saturated carbocycles. The van der Waals surface area contributed by atoms with E-state index >= 15 is 0 Å². The van der Waals surface area contributed by atoms with Gasteiger partial charge in [0.15, 0.2) is 0 Å². The number of aliphatic carboxylic acids is 1. The minimum atomic E-state index is -0.794. The molecule has 0 radical (unpaired) electrons. The van der Waals surface area contributed by atoms with Crippen molar-refractivity contribution < 1.29 is 14.7 Å². The van der Waals surface area contributed by atoms with Gasteiger partial charge in [0.05, 0.1) is 13.0 Å². The Bertz CT molecular complexity index is 336. The maximum atomic E-state index is 12.2. The lowest BCUT2D eigenvalue weighted by molar-refractivity contribution is -0.139. The van der Waals surface area contributed by atoms with Gasteiger partial charge in [-0.05, 0) is 19.9 Å². The second kappa shape index (κ2) is 6.34. The third kappa shape index (κ3) is 4.47. The normalized spacial score (nSPS) is 20.8. The zero-order chi connectivity index (χ0) is 13.8. The summed E-state index contributed by atoms with van der Waals surface area (Å²) in [6.45, 7) is 4.27. The van der Waals surface area contributed by atoms with Crippen LogP contribution in [-0.2, 0) is 9.59 Å². The Kier molecular flexibility index (Phi) is 4.76. The molecule has 2 aliphatic rings. The summed E-state index contributed by atoms with van der Waals surface area (Å²) in [7, 11) is 2.06. The third-order valence-corrected chi connectivity index (χ3v) is 3.87. The second-order valence-corrected chi connectivity index (χ2v) is 5.53. The first-order valence-electron chi connectivity index (χ1n) is 6.98. The van der Waals surface area contributed by atoms with Crippen molar-refractivity contribution in [3.05, 3.63) is 0 Å². The number of hydrogen-bond donors (Lipinski definition) is 1. The van der Waals surface area contributed by atoms with Gasteiger partial charge in [-0.1, -0.05) is 0 Å². The average molecular weight is 269 g/mol. The number of nitrogens with zero attached hydrogens (tertiary/aromatic N) is 3. The van der Waals surface area contributed by atoms with Crippen LogP contribution in [0.3, 0.4) is 0 Å². The Hall–Kier alpha value is -1.14. The largest absolute Gasteiger partial charge is 0.481 e. The molecule has 0 spiro atoms. The Morgan fingerprint density at radius 2 is 1.84 bits per heavy atom. The molecule has 0 aromatic rings. The fourth-order valence-corrected chi connectivity index (χ4v) is 2.40. The molecule has 0 aromatic heterocycles. The zero-order valence-electron chi connectivity index (χ0n) is 11.5. The van der Waals surface area contributed by atoms with E-state index in [1.54, 1.807) is 0 Å². The van der Waals surface area contributed by atoms with Crippen LogP contribution >= 0.6 is 0 Å². The standard InChI is InChI=1S/C13H23N3O3/c1-14-6-8-15(9-7-14)12(17)10-16(11-2-3-11)5-4-13(18)19/h11H,2-10H2,1H3,(H,18,19). The van der Waals surface area contributed by atoms with E-state index < -0.39 is 5.97 Å². The number of piperazine rings is 1. The van der Waals surface area contributed by atoms with Crippen LogP contribution in [-0.4, -0.2) is 84.0 Å². The number of rotatable bonds is 6. The first kappa shape index (κ1) is 14.3. The molecule has 1 saturated heterocycles. The molecule has 2 fully saturated rings. The summed E-state index contributed by atoms with van der Waals surface area (Å²) in [5.74, 6) is -0.650. The van der Waals surface area contributed by atoms with Crippen molar-refractivity contribution in [2.75, 3.05) is 46.3 Å². The van der Waals surface area contributed by atoms with Gasteiger partial charge in [0, 0.05) is 38.8 Å². The van der Waals surface area contributed by atoms with Crippen molar-refractivity contribution in [3.8, 4) is 0 Å². The predicted molar refractivity (Wildman–Crippen MR) is 70.9 cm³/mol. The van der Waals surface area contributed by atoms with Crippen LogP contribution < -0.4 is 0 Å². The molecule has 6 nitrogen and oxygen atoms in total. The molecule has 1 N–H and O–H groups in total. The molecular formula is C13H23N3O3.